The van der Waals surface area contributed by atoms with E-state index < -0.39 is 46.8 Å². The molecular formula is C24H17Br2Cl2N3O6. The van der Waals surface area contributed by atoms with Crippen molar-refractivity contribution in [2.45, 2.75) is 16.1 Å². The van der Waals surface area contributed by atoms with Crippen LogP contribution in [0.25, 0.3) is 0 Å². The van der Waals surface area contributed by atoms with Crippen molar-refractivity contribution in [3.8, 4) is 0 Å². The van der Waals surface area contributed by atoms with Crippen LogP contribution in [-0.2, 0) is 9.59 Å². The van der Waals surface area contributed by atoms with Crippen LogP contribution in [0.3, 0.4) is 0 Å². The van der Waals surface area contributed by atoms with Crippen molar-refractivity contribution in [3.05, 3.63) is 73.8 Å². The normalized spacial score (nSPS) is 27.9. The Morgan fingerprint density at radius 3 is 2.22 bits per heavy atom. The average molecular weight is 674 g/mol. The number of Topliss-reactive ketones (excluding diaryl/α,β-unsaturated/α-hetero) is 1. The van der Waals surface area contributed by atoms with Crippen molar-refractivity contribution in [3.63, 3.8) is 0 Å². The zero-order valence-electron chi connectivity index (χ0n) is 18.7. The molecule has 2 bridgehead atoms. The van der Waals surface area contributed by atoms with Gasteiger partial charge in [0.2, 0.25) is 0 Å². The molecule has 2 saturated carbocycles. The van der Waals surface area contributed by atoms with Gasteiger partial charge < -0.3 is 0 Å². The molecule has 37 heavy (non-hydrogen) atoms. The number of carbonyl (C=O) groups excluding carboxylic acids is 4. The van der Waals surface area contributed by atoms with Gasteiger partial charge in [0.1, 0.15) is 6.54 Å². The Balaban J connectivity index is 1.53. The van der Waals surface area contributed by atoms with E-state index in [9.17, 15) is 29.3 Å². The molecule has 1 saturated heterocycles. The van der Waals surface area contributed by atoms with Gasteiger partial charge in [-0.1, -0.05) is 67.2 Å². The highest BCUT2D eigenvalue weighted by molar-refractivity contribution is 9.12. The highest BCUT2D eigenvalue weighted by Crippen LogP contribution is 2.60. The standard InChI is InChI=1S/C24H17Br2Cl2N3O6/c25-20-14-8-15(21(20)26)19-18(14)23(34)30(24(19)35)29(22(33)13-5-4-11(27)7-16(13)28)9-17(32)10-2-1-3-12(6-10)31(36)37/h1-7,14-15,18-21H,8-9H2/t14-,15-,18-,19-,20-,21+/m1/s1. The van der Waals surface area contributed by atoms with Crippen LogP contribution in [0.1, 0.15) is 27.1 Å². The van der Waals surface area contributed by atoms with Gasteiger partial charge in [-0.15, -0.1) is 0 Å². The van der Waals surface area contributed by atoms with Gasteiger partial charge in [-0.3, -0.25) is 29.3 Å². The monoisotopic (exact) mass is 671 g/mol. The Bertz CT molecular complexity index is 1340. The Morgan fingerprint density at radius 1 is 1.03 bits per heavy atom. The number of nitro benzene ring substituents is 1. The minimum Gasteiger partial charge on any atom is -0.292 e. The number of nitrogens with zero attached hydrogens (tertiary/aromatic N) is 3. The first-order valence-corrected chi connectivity index (χ1v) is 13.8. The van der Waals surface area contributed by atoms with Gasteiger partial charge >= 0.3 is 0 Å². The Hall–Kier alpha value is -2.34. The summed E-state index contributed by atoms with van der Waals surface area (Å²) in [6, 6.07) is 9.11. The van der Waals surface area contributed by atoms with Gasteiger partial charge in [-0.2, -0.15) is 5.01 Å². The third kappa shape index (κ3) is 4.29. The van der Waals surface area contributed by atoms with E-state index in [1.807, 2.05) is 0 Å². The van der Waals surface area contributed by atoms with E-state index in [2.05, 4.69) is 31.9 Å². The lowest BCUT2D eigenvalue weighted by Gasteiger charge is -2.31. The molecule has 0 N–H and O–H groups in total. The lowest BCUT2D eigenvalue weighted by Crippen LogP contribution is -2.52. The average Bonchev–Trinajstić information content (AvgIpc) is 3.47. The molecule has 1 heterocycles. The Kier molecular flexibility index (Phi) is 6.93. The minimum absolute atomic E-state index is 0.0168. The first-order valence-electron chi connectivity index (χ1n) is 11.2. The van der Waals surface area contributed by atoms with Crippen LogP contribution in [0.15, 0.2) is 42.5 Å². The number of rotatable bonds is 6. The Labute approximate surface area is 237 Å². The number of hydrogen-bond donors (Lipinski definition) is 0. The summed E-state index contributed by atoms with van der Waals surface area (Å²) in [5.74, 6) is -4.12. The third-order valence-corrected chi connectivity index (χ3v) is 11.0. The molecule has 5 rings (SSSR count). The van der Waals surface area contributed by atoms with E-state index in [0.29, 0.717) is 6.42 Å². The maximum atomic E-state index is 13.7. The van der Waals surface area contributed by atoms with Crippen molar-refractivity contribution in [2.75, 3.05) is 6.54 Å². The van der Waals surface area contributed by atoms with Crippen LogP contribution in [0, 0.1) is 33.8 Å². The van der Waals surface area contributed by atoms with Gasteiger partial charge in [0, 0.05) is 32.4 Å². The van der Waals surface area contributed by atoms with Crippen LogP contribution in [0.2, 0.25) is 10.0 Å². The molecule has 192 valence electrons. The highest BCUT2D eigenvalue weighted by Gasteiger charge is 2.67. The number of hydrogen-bond acceptors (Lipinski definition) is 6. The maximum absolute atomic E-state index is 13.7. The highest BCUT2D eigenvalue weighted by atomic mass is 79.9. The minimum atomic E-state index is -0.847. The van der Waals surface area contributed by atoms with Crippen molar-refractivity contribution >= 4 is 84.3 Å². The number of nitro groups is 1. The first kappa shape index (κ1) is 26.3. The molecule has 9 nitrogen and oxygen atoms in total. The van der Waals surface area contributed by atoms with E-state index in [0.717, 1.165) is 16.1 Å². The molecule has 13 heteroatoms. The lowest BCUT2D eigenvalue weighted by atomic mass is 9.81. The van der Waals surface area contributed by atoms with Crippen LogP contribution in [0.5, 0.6) is 0 Å². The van der Waals surface area contributed by atoms with Crippen molar-refractivity contribution < 1.29 is 24.1 Å². The van der Waals surface area contributed by atoms with E-state index in [4.69, 9.17) is 23.2 Å². The summed E-state index contributed by atoms with van der Waals surface area (Å²) >= 11 is 19.5. The molecule has 2 aromatic carbocycles. The van der Waals surface area contributed by atoms with Crippen LogP contribution >= 0.6 is 55.1 Å². The van der Waals surface area contributed by atoms with E-state index in [1.165, 1.54) is 36.4 Å². The number of halogens is 4. The molecule has 0 aromatic heterocycles. The number of amides is 3. The smallest absolute Gasteiger partial charge is 0.274 e. The van der Waals surface area contributed by atoms with Crippen LogP contribution < -0.4 is 0 Å². The number of hydrazine groups is 1. The van der Waals surface area contributed by atoms with Crippen molar-refractivity contribution in [1.29, 1.82) is 0 Å². The first-order chi connectivity index (χ1) is 17.5. The molecule has 2 aliphatic carbocycles. The molecule has 3 amide bonds. The fraction of sp³-hybridized carbons (Fsp3) is 0.333. The molecule has 3 fully saturated rings. The number of alkyl halides is 2. The topological polar surface area (TPSA) is 118 Å². The SMILES string of the molecule is O=C(CN(C(=O)c1ccc(Cl)cc1Cl)N1C(=O)[C@@H]2[C@H]3C[C@@H]([C@@H](Br)[C@H]3Br)[C@H]2C1=O)c1cccc([N+](=O)[O-])c1. The fourth-order valence-corrected chi connectivity index (χ4v) is 7.99. The van der Waals surface area contributed by atoms with Gasteiger partial charge in [-0.05, 0) is 36.5 Å². The molecule has 0 radical (unpaired) electrons. The molecule has 1 aliphatic heterocycles. The molecule has 6 atom stereocenters. The number of imide groups is 1. The predicted octanol–water partition coefficient (Wildman–Crippen LogP) is 4.92. The molecule has 0 spiro atoms. The molecule has 2 aromatic rings. The van der Waals surface area contributed by atoms with E-state index in [-0.39, 0.29) is 48.3 Å². The maximum Gasteiger partial charge on any atom is 0.274 e. The second-order valence-electron chi connectivity index (χ2n) is 9.21. The molecule has 3 aliphatic rings. The number of non-ortho nitro benzene ring substituents is 1. The van der Waals surface area contributed by atoms with Crippen molar-refractivity contribution in [1.82, 2.24) is 10.0 Å². The fourth-order valence-electron chi connectivity index (χ4n) is 5.63. The number of carbonyl (C=O) groups is 4. The van der Waals surface area contributed by atoms with Gasteiger partial charge in [0.05, 0.1) is 27.3 Å². The summed E-state index contributed by atoms with van der Waals surface area (Å²) < 4.78 is 0. The second kappa shape index (κ2) is 9.76. The quantitative estimate of drug-likeness (QED) is 0.141. The summed E-state index contributed by atoms with van der Waals surface area (Å²) in [6.07, 6.45) is 0.691. The van der Waals surface area contributed by atoms with Gasteiger partial charge in [-0.25, -0.2) is 5.01 Å². The summed E-state index contributed by atoms with van der Waals surface area (Å²) in [6.45, 7) is -0.708. The molecular weight excluding hydrogens is 657 g/mol. The Morgan fingerprint density at radius 2 is 1.65 bits per heavy atom. The summed E-state index contributed by atoms with van der Waals surface area (Å²) in [7, 11) is 0. The van der Waals surface area contributed by atoms with Crippen LogP contribution in [-0.4, -0.2) is 54.6 Å². The summed E-state index contributed by atoms with van der Waals surface area (Å²) in [5.41, 5.74) is -0.416. The van der Waals surface area contributed by atoms with Crippen molar-refractivity contribution in [2.24, 2.45) is 23.7 Å². The summed E-state index contributed by atoms with van der Waals surface area (Å²) in [5, 5.41) is 13.0. The number of fused-ring (bicyclic) bond motifs is 5. The predicted molar refractivity (Wildman–Crippen MR) is 141 cm³/mol. The zero-order valence-corrected chi connectivity index (χ0v) is 23.4. The van der Waals surface area contributed by atoms with Gasteiger partial charge in [0.25, 0.3) is 23.4 Å². The molecule has 0 unspecified atom stereocenters. The van der Waals surface area contributed by atoms with Gasteiger partial charge in [0.15, 0.2) is 5.78 Å². The summed E-state index contributed by atoms with van der Waals surface area (Å²) in [4.78, 5) is 64.7. The second-order valence-corrected chi connectivity index (χ2v) is 12.2. The van der Waals surface area contributed by atoms with E-state index in [1.54, 1.807) is 0 Å². The lowest BCUT2D eigenvalue weighted by molar-refractivity contribution is -0.384. The number of benzene rings is 2. The third-order valence-electron chi connectivity index (χ3n) is 7.27. The van der Waals surface area contributed by atoms with E-state index >= 15 is 0 Å². The number of ketones is 1. The van der Waals surface area contributed by atoms with Crippen LogP contribution in [0.4, 0.5) is 5.69 Å². The largest absolute Gasteiger partial charge is 0.292 e. The zero-order chi connectivity index (χ0) is 26.8.